The number of rotatable bonds is 3. The van der Waals surface area contributed by atoms with Crippen molar-refractivity contribution in [3.63, 3.8) is 0 Å². The largest absolute Gasteiger partial charge is 0.481 e. The number of piperidine rings is 1. The van der Waals surface area contributed by atoms with Crippen LogP contribution in [0.3, 0.4) is 0 Å². The van der Waals surface area contributed by atoms with Crippen LogP contribution < -0.4 is 5.73 Å². The summed E-state index contributed by atoms with van der Waals surface area (Å²) in [5, 5.41) is 11.4. The highest BCUT2D eigenvalue weighted by Crippen LogP contribution is 2.21. The molecular formula is C12H17N3O3S. The highest BCUT2D eigenvalue weighted by Gasteiger charge is 2.29. The van der Waals surface area contributed by atoms with Crippen molar-refractivity contribution in [3.05, 3.63) is 16.1 Å². The van der Waals surface area contributed by atoms with Crippen molar-refractivity contribution in [1.82, 2.24) is 9.88 Å². The zero-order valence-corrected chi connectivity index (χ0v) is 11.5. The van der Waals surface area contributed by atoms with Crippen LogP contribution in [0.25, 0.3) is 0 Å². The summed E-state index contributed by atoms with van der Waals surface area (Å²) in [5.74, 6) is -1.51. The number of thiazole rings is 1. The van der Waals surface area contributed by atoms with Crippen molar-refractivity contribution >= 4 is 23.2 Å². The third kappa shape index (κ3) is 3.10. The number of aromatic nitrogens is 1. The lowest BCUT2D eigenvalue weighted by Crippen LogP contribution is -2.42. The number of aliphatic carboxylic acids is 1. The first kappa shape index (κ1) is 14.0. The molecule has 1 aromatic heterocycles. The maximum absolute atomic E-state index is 12.2. The van der Waals surface area contributed by atoms with Crippen LogP contribution in [0.4, 0.5) is 0 Å². The second-order valence-electron chi connectivity index (χ2n) is 4.79. The van der Waals surface area contributed by atoms with Gasteiger partial charge >= 0.3 is 5.97 Å². The van der Waals surface area contributed by atoms with Gasteiger partial charge in [0.15, 0.2) is 0 Å². The van der Waals surface area contributed by atoms with Gasteiger partial charge in [0.1, 0.15) is 10.7 Å². The maximum Gasteiger partial charge on any atom is 0.308 e. The van der Waals surface area contributed by atoms with Gasteiger partial charge in [-0.2, -0.15) is 0 Å². The highest BCUT2D eigenvalue weighted by atomic mass is 32.1. The normalized spacial score (nSPS) is 21.2. The minimum absolute atomic E-state index is 0.195. The van der Waals surface area contributed by atoms with Crippen molar-refractivity contribution in [3.8, 4) is 0 Å². The Hall–Kier alpha value is -1.47. The summed E-state index contributed by atoms with van der Waals surface area (Å²) in [5.41, 5.74) is 6.08. The summed E-state index contributed by atoms with van der Waals surface area (Å²) in [6, 6.07) is -0.195. The summed E-state index contributed by atoms with van der Waals surface area (Å²) < 4.78 is 0. The Morgan fingerprint density at radius 1 is 1.63 bits per heavy atom. The van der Waals surface area contributed by atoms with Gasteiger partial charge in [-0.05, 0) is 19.8 Å². The van der Waals surface area contributed by atoms with E-state index in [-0.39, 0.29) is 18.5 Å². The van der Waals surface area contributed by atoms with Gasteiger partial charge in [0.2, 0.25) is 0 Å². The lowest BCUT2D eigenvalue weighted by molar-refractivity contribution is -0.143. The average Bonchev–Trinajstić information content (AvgIpc) is 2.87. The van der Waals surface area contributed by atoms with Gasteiger partial charge in [-0.25, -0.2) is 4.98 Å². The minimum Gasteiger partial charge on any atom is -0.481 e. The molecule has 7 heteroatoms. The summed E-state index contributed by atoms with van der Waals surface area (Å²) in [6.07, 6.45) is 1.34. The smallest absolute Gasteiger partial charge is 0.308 e. The standard InChI is InChI=1S/C12H17N3O3S/c1-7(13)10-14-9(6-19-10)11(16)15-4-2-3-8(5-15)12(17)18/h6-8H,2-5,13H2,1H3,(H,17,18)/t7?,8-/m0/s1. The van der Waals surface area contributed by atoms with Crippen LogP contribution in [0.1, 0.15) is 41.3 Å². The predicted octanol–water partition coefficient (Wildman–Crippen LogP) is 1.10. The second-order valence-corrected chi connectivity index (χ2v) is 5.68. The molecule has 2 atom stereocenters. The summed E-state index contributed by atoms with van der Waals surface area (Å²) in [7, 11) is 0. The Balaban J connectivity index is 2.08. The molecule has 0 radical (unpaired) electrons. The Kier molecular flexibility index (Phi) is 4.16. The monoisotopic (exact) mass is 283 g/mol. The molecular weight excluding hydrogens is 266 g/mol. The number of likely N-dealkylation sites (tertiary alicyclic amines) is 1. The lowest BCUT2D eigenvalue weighted by atomic mass is 9.98. The molecule has 0 bridgehead atoms. The molecule has 3 N–H and O–H groups in total. The summed E-state index contributed by atoms with van der Waals surface area (Å²) in [4.78, 5) is 29.0. The molecule has 1 aromatic rings. The molecule has 1 aliphatic heterocycles. The van der Waals surface area contributed by atoms with E-state index in [1.807, 2.05) is 6.92 Å². The Labute approximate surface area is 115 Å². The van der Waals surface area contributed by atoms with Crippen LogP contribution in [0.15, 0.2) is 5.38 Å². The summed E-state index contributed by atoms with van der Waals surface area (Å²) in [6.45, 7) is 2.67. The molecule has 0 aromatic carbocycles. The fraction of sp³-hybridized carbons (Fsp3) is 0.583. The first-order valence-electron chi connectivity index (χ1n) is 6.22. The molecule has 2 heterocycles. The Morgan fingerprint density at radius 3 is 2.95 bits per heavy atom. The van der Waals surface area contributed by atoms with Crippen molar-refractivity contribution in [2.45, 2.75) is 25.8 Å². The van der Waals surface area contributed by atoms with Gasteiger partial charge < -0.3 is 15.7 Å². The minimum atomic E-state index is -0.841. The molecule has 0 saturated carbocycles. The lowest BCUT2D eigenvalue weighted by Gasteiger charge is -2.30. The van der Waals surface area contributed by atoms with Gasteiger partial charge in [-0.1, -0.05) is 0 Å². The van der Waals surface area contributed by atoms with E-state index < -0.39 is 11.9 Å². The van der Waals surface area contributed by atoms with E-state index in [2.05, 4.69) is 4.98 Å². The third-order valence-electron chi connectivity index (χ3n) is 3.19. The van der Waals surface area contributed by atoms with Gasteiger partial charge in [0.05, 0.1) is 12.0 Å². The van der Waals surface area contributed by atoms with Crippen LogP contribution in [-0.4, -0.2) is 40.0 Å². The van der Waals surface area contributed by atoms with Crippen LogP contribution in [0.2, 0.25) is 0 Å². The molecule has 1 amide bonds. The van der Waals surface area contributed by atoms with Crippen molar-refractivity contribution in [2.75, 3.05) is 13.1 Å². The van der Waals surface area contributed by atoms with Crippen molar-refractivity contribution in [1.29, 1.82) is 0 Å². The van der Waals surface area contributed by atoms with Crippen LogP contribution >= 0.6 is 11.3 Å². The van der Waals surface area contributed by atoms with E-state index in [4.69, 9.17) is 10.8 Å². The molecule has 6 nitrogen and oxygen atoms in total. The fourth-order valence-corrected chi connectivity index (χ4v) is 2.87. The first-order valence-corrected chi connectivity index (χ1v) is 7.10. The predicted molar refractivity (Wildman–Crippen MR) is 71.0 cm³/mol. The summed E-state index contributed by atoms with van der Waals surface area (Å²) >= 11 is 1.36. The molecule has 1 unspecified atom stereocenters. The van der Waals surface area contributed by atoms with E-state index in [1.165, 1.54) is 11.3 Å². The van der Waals surface area contributed by atoms with Crippen LogP contribution in [-0.2, 0) is 4.79 Å². The van der Waals surface area contributed by atoms with E-state index in [1.54, 1.807) is 10.3 Å². The van der Waals surface area contributed by atoms with Crippen molar-refractivity contribution in [2.24, 2.45) is 11.7 Å². The number of carbonyl (C=O) groups is 2. The zero-order valence-electron chi connectivity index (χ0n) is 10.7. The Bertz CT molecular complexity index is 486. The van der Waals surface area contributed by atoms with Gasteiger partial charge in [-0.3, -0.25) is 9.59 Å². The topological polar surface area (TPSA) is 96.5 Å². The number of hydrogen-bond donors (Lipinski definition) is 2. The van der Waals surface area contributed by atoms with E-state index in [9.17, 15) is 9.59 Å². The van der Waals surface area contributed by atoms with Gasteiger partial charge in [0, 0.05) is 18.5 Å². The molecule has 1 aliphatic rings. The SMILES string of the molecule is CC(N)c1nc(C(=O)N2CCC[C@H](C(=O)O)C2)cs1. The number of hydrogen-bond acceptors (Lipinski definition) is 5. The number of nitrogens with two attached hydrogens (primary N) is 1. The fourth-order valence-electron chi connectivity index (χ4n) is 2.12. The van der Waals surface area contributed by atoms with E-state index in [0.29, 0.717) is 25.1 Å². The molecule has 0 aliphatic carbocycles. The molecule has 1 fully saturated rings. The number of carboxylic acid groups (broad SMARTS) is 1. The van der Waals surface area contributed by atoms with Crippen molar-refractivity contribution < 1.29 is 14.7 Å². The van der Waals surface area contributed by atoms with Gasteiger partial charge in [0.25, 0.3) is 5.91 Å². The molecule has 2 rings (SSSR count). The molecule has 1 saturated heterocycles. The zero-order chi connectivity index (χ0) is 14.0. The number of carbonyl (C=O) groups excluding carboxylic acids is 1. The van der Waals surface area contributed by atoms with E-state index >= 15 is 0 Å². The van der Waals surface area contributed by atoms with Crippen LogP contribution in [0.5, 0.6) is 0 Å². The second kappa shape index (κ2) is 5.66. The molecule has 19 heavy (non-hydrogen) atoms. The molecule has 104 valence electrons. The Morgan fingerprint density at radius 2 is 2.37 bits per heavy atom. The van der Waals surface area contributed by atoms with Gasteiger partial charge in [-0.15, -0.1) is 11.3 Å². The average molecular weight is 283 g/mol. The molecule has 0 spiro atoms. The first-order chi connectivity index (χ1) is 8.99. The maximum atomic E-state index is 12.2. The van der Waals surface area contributed by atoms with E-state index in [0.717, 1.165) is 5.01 Å². The number of carboxylic acids is 1. The highest BCUT2D eigenvalue weighted by molar-refractivity contribution is 7.09. The van der Waals surface area contributed by atoms with Crippen LogP contribution in [0, 0.1) is 5.92 Å². The third-order valence-corrected chi connectivity index (χ3v) is 4.23. The quantitative estimate of drug-likeness (QED) is 0.866. The number of amides is 1. The number of nitrogens with zero attached hydrogens (tertiary/aromatic N) is 2.